The molecule has 0 saturated carbocycles. The summed E-state index contributed by atoms with van der Waals surface area (Å²) >= 11 is 0. The van der Waals surface area contributed by atoms with Crippen LogP contribution in [0.2, 0.25) is 0 Å². The number of ketones is 1. The summed E-state index contributed by atoms with van der Waals surface area (Å²) in [6, 6.07) is 7.54. The molecular weight excluding hydrogens is 254 g/mol. The van der Waals surface area contributed by atoms with E-state index in [1.54, 1.807) is 0 Å². The molecule has 0 spiro atoms. The maximum atomic E-state index is 12.9. The van der Waals surface area contributed by atoms with Crippen molar-refractivity contribution in [3.63, 3.8) is 0 Å². The van der Waals surface area contributed by atoms with Crippen molar-refractivity contribution in [3.05, 3.63) is 29.8 Å². The summed E-state index contributed by atoms with van der Waals surface area (Å²) in [7, 11) is 3.33. The second-order valence-corrected chi connectivity index (χ2v) is 5.60. The third-order valence-electron chi connectivity index (χ3n) is 4.31. The SMILES string of the molecule is CC[C@@H](C(=O)OC)[C@@]1(C)CN(C)c2ccccc2C1=O. The zero-order valence-electron chi connectivity index (χ0n) is 12.5. The van der Waals surface area contributed by atoms with Crippen LogP contribution in [0.5, 0.6) is 0 Å². The molecule has 20 heavy (non-hydrogen) atoms. The predicted octanol–water partition coefficient (Wildman–Crippen LogP) is 2.52. The summed E-state index contributed by atoms with van der Waals surface area (Å²) in [6.45, 7) is 4.31. The van der Waals surface area contributed by atoms with Crippen LogP contribution in [0.15, 0.2) is 24.3 Å². The lowest BCUT2D eigenvalue weighted by Crippen LogP contribution is -2.51. The van der Waals surface area contributed by atoms with E-state index in [-0.39, 0.29) is 11.8 Å². The Bertz CT molecular complexity index is 540. The predicted molar refractivity (Wildman–Crippen MR) is 77.9 cm³/mol. The highest BCUT2D eigenvalue weighted by atomic mass is 16.5. The summed E-state index contributed by atoms with van der Waals surface area (Å²) in [5.41, 5.74) is 0.867. The van der Waals surface area contributed by atoms with Crippen molar-refractivity contribution in [2.45, 2.75) is 20.3 Å². The van der Waals surface area contributed by atoms with Crippen LogP contribution in [-0.4, -0.2) is 32.5 Å². The zero-order chi connectivity index (χ0) is 14.9. The van der Waals surface area contributed by atoms with E-state index in [4.69, 9.17) is 4.74 Å². The molecule has 4 heteroatoms. The number of carbonyl (C=O) groups is 2. The maximum Gasteiger partial charge on any atom is 0.309 e. The highest BCUT2D eigenvalue weighted by molar-refractivity contribution is 6.08. The average Bonchev–Trinajstić information content (AvgIpc) is 2.45. The number of Topliss-reactive ketones (excluding diaryl/α,β-unsaturated/α-hetero) is 1. The third kappa shape index (κ3) is 2.09. The van der Waals surface area contributed by atoms with Crippen molar-refractivity contribution in [2.24, 2.45) is 11.3 Å². The molecule has 0 amide bonds. The molecule has 1 aliphatic rings. The summed E-state index contributed by atoms with van der Waals surface area (Å²) in [5.74, 6) is -0.699. The van der Waals surface area contributed by atoms with Crippen molar-refractivity contribution < 1.29 is 14.3 Å². The van der Waals surface area contributed by atoms with Crippen LogP contribution in [0.25, 0.3) is 0 Å². The Balaban J connectivity index is 2.49. The zero-order valence-corrected chi connectivity index (χ0v) is 12.5. The van der Waals surface area contributed by atoms with Gasteiger partial charge in [0.15, 0.2) is 5.78 Å². The van der Waals surface area contributed by atoms with Gasteiger partial charge in [0.25, 0.3) is 0 Å². The second-order valence-electron chi connectivity index (χ2n) is 5.60. The Morgan fingerprint density at radius 3 is 2.70 bits per heavy atom. The number of esters is 1. The van der Waals surface area contributed by atoms with Crippen LogP contribution in [0, 0.1) is 11.3 Å². The Morgan fingerprint density at radius 2 is 2.10 bits per heavy atom. The normalized spacial score (nSPS) is 23.2. The molecule has 2 rings (SSSR count). The van der Waals surface area contributed by atoms with E-state index in [9.17, 15) is 9.59 Å². The molecule has 1 heterocycles. The van der Waals surface area contributed by atoms with Gasteiger partial charge in [-0.05, 0) is 25.5 Å². The van der Waals surface area contributed by atoms with Crippen molar-refractivity contribution in [1.29, 1.82) is 0 Å². The molecule has 4 nitrogen and oxygen atoms in total. The minimum atomic E-state index is -0.745. The number of para-hydroxylation sites is 1. The van der Waals surface area contributed by atoms with Gasteiger partial charge in [-0.3, -0.25) is 9.59 Å². The number of rotatable bonds is 3. The molecule has 1 aromatic rings. The molecule has 0 radical (unpaired) electrons. The second kappa shape index (κ2) is 5.27. The highest BCUT2D eigenvalue weighted by Crippen LogP contribution is 2.42. The first-order valence-electron chi connectivity index (χ1n) is 6.88. The Kier molecular flexibility index (Phi) is 3.84. The fraction of sp³-hybridized carbons (Fsp3) is 0.500. The fourth-order valence-corrected chi connectivity index (χ4v) is 3.24. The minimum absolute atomic E-state index is 0.0310. The van der Waals surface area contributed by atoms with Crippen LogP contribution >= 0.6 is 0 Å². The molecule has 0 saturated heterocycles. The summed E-state index contributed by atoms with van der Waals surface area (Å²) in [4.78, 5) is 26.9. The van der Waals surface area contributed by atoms with Crippen LogP contribution in [0.4, 0.5) is 5.69 Å². The number of anilines is 1. The van der Waals surface area contributed by atoms with E-state index in [1.165, 1.54) is 7.11 Å². The molecule has 0 aromatic heterocycles. The number of methoxy groups -OCH3 is 1. The Labute approximate surface area is 119 Å². The molecule has 1 aromatic carbocycles. The number of ether oxygens (including phenoxy) is 1. The van der Waals surface area contributed by atoms with Gasteiger partial charge in [0, 0.05) is 24.8 Å². The van der Waals surface area contributed by atoms with Gasteiger partial charge < -0.3 is 9.64 Å². The molecular formula is C16H21NO3. The number of benzene rings is 1. The van der Waals surface area contributed by atoms with Crippen LogP contribution in [0.1, 0.15) is 30.6 Å². The first-order chi connectivity index (χ1) is 9.45. The molecule has 108 valence electrons. The first-order valence-corrected chi connectivity index (χ1v) is 6.88. The standard InChI is InChI=1S/C16H21NO3/c1-5-12(15(19)20-4)16(2)10-17(3)13-9-7-6-8-11(13)14(16)18/h6-9,12H,5,10H2,1-4H3/t12-,16+/m0/s1. The van der Waals surface area contributed by atoms with Gasteiger partial charge in [0.05, 0.1) is 18.4 Å². The topological polar surface area (TPSA) is 46.6 Å². The van der Waals surface area contributed by atoms with Gasteiger partial charge in [-0.2, -0.15) is 0 Å². The van der Waals surface area contributed by atoms with E-state index < -0.39 is 11.3 Å². The Hall–Kier alpha value is -1.84. The Morgan fingerprint density at radius 1 is 1.45 bits per heavy atom. The molecule has 1 aliphatic heterocycles. The van der Waals surface area contributed by atoms with Crippen molar-refractivity contribution in [3.8, 4) is 0 Å². The van der Waals surface area contributed by atoms with E-state index >= 15 is 0 Å². The number of carbonyl (C=O) groups excluding carboxylic acids is 2. The highest BCUT2D eigenvalue weighted by Gasteiger charge is 2.49. The lowest BCUT2D eigenvalue weighted by atomic mass is 9.68. The lowest BCUT2D eigenvalue weighted by Gasteiger charge is -2.42. The number of hydrogen-bond acceptors (Lipinski definition) is 4. The van der Waals surface area contributed by atoms with Gasteiger partial charge in [-0.1, -0.05) is 19.1 Å². The molecule has 0 aliphatic carbocycles. The van der Waals surface area contributed by atoms with Gasteiger partial charge in [0.1, 0.15) is 0 Å². The molecule has 0 bridgehead atoms. The van der Waals surface area contributed by atoms with E-state index in [0.717, 1.165) is 5.69 Å². The van der Waals surface area contributed by atoms with E-state index in [1.807, 2.05) is 50.1 Å². The summed E-state index contributed by atoms with van der Waals surface area (Å²) in [6.07, 6.45) is 0.588. The van der Waals surface area contributed by atoms with Gasteiger partial charge >= 0.3 is 5.97 Å². The van der Waals surface area contributed by atoms with Gasteiger partial charge in [-0.15, -0.1) is 0 Å². The molecule has 0 fully saturated rings. The maximum absolute atomic E-state index is 12.9. The molecule has 0 unspecified atom stereocenters. The van der Waals surface area contributed by atoms with Gasteiger partial charge in [0.2, 0.25) is 0 Å². The van der Waals surface area contributed by atoms with Gasteiger partial charge in [-0.25, -0.2) is 0 Å². The lowest BCUT2D eigenvalue weighted by molar-refractivity contribution is -0.149. The number of fused-ring (bicyclic) bond motifs is 1. The van der Waals surface area contributed by atoms with Crippen LogP contribution < -0.4 is 4.90 Å². The van der Waals surface area contributed by atoms with Crippen molar-refractivity contribution in [2.75, 3.05) is 25.6 Å². The summed E-state index contributed by atoms with van der Waals surface area (Å²) in [5, 5.41) is 0. The smallest absolute Gasteiger partial charge is 0.309 e. The van der Waals surface area contributed by atoms with Crippen molar-refractivity contribution in [1.82, 2.24) is 0 Å². The number of nitrogens with zero attached hydrogens (tertiary/aromatic N) is 1. The molecule has 0 N–H and O–H groups in total. The summed E-state index contributed by atoms with van der Waals surface area (Å²) < 4.78 is 4.88. The fourth-order valence-electron chi connectivity index (χ4n) is 3.24. The van der Waals surface area contributed by atoms with Crippen LogP contribution in [-0.2, 0) is 9.53 Å². The van der Waals surface area contributed by atoms with Crippen LogP contribution in [0.3, 0.4) is 0 Å². The van der Waals surface area contributed by atoms with E-state index in [2.05, 4.69) is 0 Å². The monoisotopic (exact) mass is 275 g/mol. The number of hydrogen-bond donors (Lipinski definition) is 0. The quantitative estimate of drug-likeness (QED) is 0.795. The van der Waals surface area contributed by atoms with E-state index in [0.29, 0.717) is 18.5 Å². The molecule has 2 atom stereocenters. The first kappa shape index (κ1) is 14.6. The average molecular weight is 275 g/mol. The minimum Gasteiger partial charge on any atom is -0.469 e. The van der Waals surface area contributed by atoms with Crippen molar-refractivity contribution >= 4 is 17.4 Å². The third-order valence-corrected chi connectivity index (χ3v) is 4.31. The largest absolute Gasteiger partial charge is 0.469 e.